The fourth-order valence-corrected chi connectivity index (χ4v) is 1.79. The lowest BCUT2D eigenvalue weighted by molar-refractivity contribution is -0.143. The van der Waals surface area contributed by atoms with Crippen molar-refractivity contribution in [2.75, 3.05) is 19.1 Å². The Labute approximate surface area is 99.7 Å². The van der Waals surface area contributed by atoms with Gasteiger partial charge in [0.2, 0.25) is 0 Å². The van der Waals surface area contributed by atoms with Gasteiger partial charge in [-0.25, -0.2) is 0 Å². The minimum atomic E-state index is -0.262. The summed E-state index contributed by atoms with van der Waals surface area (Å²) in [6, 6.07) is 3.43. The molecule has 0 aliphatic rings. The number of methoxy groups -OCH3 is 1. The Bertz CT molecular complexity index is 300. The lowest BCUT2D eigenvalue weighted by atomic mass is 10.2. The molecular formula is C11H17NO3S. The van der Waals surface area contributed by atoms with E-state index >= 15 is 0 Å². The molecule has 0 fully saturated rings. The molecule has 0 bridgehead atoms. The Morgan fingerprint density at radius 3 is 3.06 bits per heavy atom. The predicted molar refractivity (Wildman–Crippen MR) is 64.4 cm³/mol. The van der Waals surface area contributed by atoms with Crippen molar-refractivity contribution in [3.05, 3.63) is 24.2 Å². The van der Waals surface area contributed by atoms with Gasteiger partial charge in [-0.05, 0) is 30.6 Å². The van der Waals surface area contributed by atoms with Crippen LogP contribution in [0.3, 0.4) is 0 Å². The molecule has 0 amide bonds. The molecule has 0 aliphatic carbocycles. The molecule has 1 aromatic rings. The topological polar surface area (TPSA) is 51.5 Å². The number of hydrogen-bond donors (Lipinski definition) is 1. The van der Waals surface area contributed by atoms with Crippen molar-refractivity contribution in [1.29, 1.82) is 0 Å². The lowest BCUT2D eigenvalue weighted by Crippen LogP contribution is -2.37. The van der Waals surface area contributed by atoms with Gasteiger partial charge >= 0.3 is 5.97 Å². The summed E-state index contributed by atoms with van der Waals surface area (Å²) in [4.78, 5) is 11.5. The van der Waals surface area contributed by atoms with Gasteiger partial charge in [-0.15, -0.1) is 0 Å². The summed E-state index contributed by atoms with van der Waals surface area (Å²) in [5, 5.41) is 3.13. The maximum Gasteiger partial charge on any atom is 0.322 e. The maximum atomic E-state index is 11.5. The second kappa shape index (κ2) is 7.35. The highest BCUT2D eigenvalue weighted by Crippen LogP contribution is 2.05. The van der Waals surface area contributed by atoms with Crippen LogP contribution in [0.25, 0.3) is 0 Å². The van der Waals surface area contributed by atoms with Crippen molar-refractivity contribution in [2.45, 2.75) is 19.0 Å². The molecule has 1 heterocycles. The third-order valence-corrected chi connectivity index (χ3v) is 2.84. The van der Waals surface area contributed by atoms with Crippen LogP contribution in [-0.4, -0.2) is 31.1 Å². The Morgan fingerprint density at radius 1 is 1.69 bits per heavy atom. The third kappa shape index (κ3) is 4.28. The molecule has 0 spiro atoms. The molecule has 0 radical (unpaired) electrons. The second-order valence-corrected chi connectivity index (χ2v) is 4.30. The molecule has 0 saturated carbocycles. The number of hydrogen-bond acceptors (Lipinski definition) is 5. The molecule has 4 nitrogen and oxygen atoms in total. The van der Waals surface area contributed by atoms with Gasteiger partial charge in [0, 0.05) is 0 Å². The summed E-state index contributed by atoms with van der Waals surface area (Å²) < 4.78 is 9.92. The molecule has 1 rings (SSSR count). The van der Waals surface area contributed by atoms with E-state index in [1.165, 1.54) is 7.11 Å². The van der Waals surface area contributed by atoms with Crippen LogP contribution in [0.15, 0.2) is 22.8 Å². The predicted octanol–water partition coefficient (Wildman–Crippen LogP) is 1.66. The van der Waals surface area contributed by atoms with Gasteiger partial charge in [-0.1, -0.05) is 0 Å². The maximum absolute atomic E-state index is 11.5. The number of thioether (sulfide) groups is 1. The van der Waals surface area contributed by atoms with Gasteiger partial charge in [-0.3, -0.25) is 10.1 Å². The molecule has 0 unspecified atom stereocenters. The Balaban J connectivity index is 2.40. The van der Waals surface area contributed by atoms with E-state index in [-0.39, 0.29) is 12.0 Å². The van der Waals surface area contributed by atoms with Gasteiger partial charge in [0.05, 0.1) is 19.9 Å². The molecule has 1 N–H and O–H groups in total. The summed E-state index contributed by atoms with van der Waals surface area (Å²) in [6.07, 6.45) is 4.39. The quantitative estimate of drug-likeness (QED) is 0.738. The first-order chi connectivity index (χ1) is 7.77. The zero-order valence-corrected chi connectivity index (χ0v) is 10.4. The van der Waals surface area contributed by atoms with Crippen LogP contribution >= 0.6 is 11.8 Å². The molecule has 1 atom stereocenters. The minimum absolute atomic E-state index is 0.222. The number of ether oxygens (including phenoxy) is 1. The lowest BCUT2D eigenvalue weighted by Gasteiger charge is -2.14. The van der Waals surface area contributed by atoms with Gasteiger partial charge < -0.3 is 9.15 Å². The van der Waals surface area contributed by atoms with Crippen LogP contribution in [0.5, 0.6) is 0 Å². The van der Waals surface area contributed by atoms with Crippen LogP contribution in [0.2, 0.25) is 0 Å². The van der Waals surface area contributed by atoms with Crippen LogP contribution in [-0.2, 0) is 16.1 Å². The van der Waals surface area contributed by atoms with Crippen molar-refractivity contribution in [3.8, 4) is 0 Å². The highest BCUT2D eigenvalue weighted by atomic mass is 32.2. The first kappa shape index (κ1) is 13.1. The van der Waals surface area contributed by atoms with E-state index < -0.39 is 0 Å². The zero-order valence-electron chi connectivity index (χ0n) is 9.56. The Kier molecular flexibility index (Phi) is 6.03. The SMILES string of the molecule is COC(=O)[C@@H](CCSC)NCc1ccco1. The molecular weight excluding hydrogens is 226 g/mol. The van der Waals surface area contributed by atoms with Gasteiger partial charge in [0.25, 0.3) is 0 Å². The molecule has 0 saturated heterocycles. The van der Waals surface area contributed by atoms with Crippen LogP contribution in [0.4, 0.5) is 0 Å². The first-order valence-electron chi connectivity index (χ1n) is 5.10. The molecule has 0 aliphatic heterocycles. The second-order valence-electron chi connectivity index (χ2n) is 3.32. The monoisotopic (exact) mass is 243 g/mol. The number of esters is 1. The van der Waals surface area contributed by atoms with E-state index in [9.17, 15) is 4.79 Å². The van der Waals surface area contributed by atoms with Crippen molar-refractivity contribution >= 4 is 17.7 Å². The van der Waals surface area contributed by atoms with Crippen molar-refractivity contribution in [2.24, 2.45) is 0 Å². The number of carbonyl (C=O) groups is 1. The van der Waals surface area contributed by atoms with Gasteiger partial charge in [0.15, 0.2) is 0 Å². The van der Waals surface area contributed by atoms with E-state index in [1.807, 2.05) is 18.4 Å². The van der Waals surface area contributed by atoms with Crippen LogP contribution < -0.4 is 5.32 Å². The third-order valence-electron chi connectivity index (χ3n) is 2.20. The normalized spacial score (nSPS) is 12.4. The summed E-state index contributed by atoms with van der Waals surface area (Å²) >= 11 is 1.71. The van der Waals surface area contributed by atoms with E-state index in [0.717, 1.165) is 17.9 Å². The standard InChI is InChI=1S/C11H17NO3S/c1-14-11(13)10(5-7-16-2)12-8-9-4-3-6-15-9/h3-4,6,10,12H,5,7-8H2,1-2H3/t10-/m1/s1. The average molecular weight is 243 g/mol. The molecule has 16 heavy (non-hydrogen) atoms. The van der Waals surface area contributed by atoms with Gasteiger partial charge in [0.1, 0.15) is 11.8 Å². The number of rotatable bonds is 7. The average Bonchev–Trinajstić information content (AvgIpc) is 2.81. The zero-order chi connectivity index (χ0) is 11.8. The van der Waals surface area contributed by atoms with Crippen molar-refractivity contribution < 1.29 is 13.9 Å². The number of carbonyl (C=O) groups excluding carboxylic acids is 1. The fourth-order valence-electron chi connectivity index (χ4n) is 1.32. The molecule has 0 aromatic carbocycles. The van der Waals surface area contributed by atoms with Crippen LogP contribution in [0, 0.1) is 0 Å². The van der Waals surface area contributed by atoms with Crippen LogP contribution in [0.1, 0.15) is 12.2 Å². The summed E-state index contributed by atoms with van der Waals surface area (Å²) in [7, 11) is 1.41. The molecule has 90 valence electrons. The van der Waals surface area contributed by atoms with E-state index in [1.54, 1.807) is 18.0 Å². The Hall–Kier alpha value is -0.940. The van der Waals surface area contributed by atoms with Crippen molar-refractivity contribution in [1.82, 2.24) is 5.32 Å². The van der Waals surface area contributed by atoms with E-state index in [2.05, 4.69) is 5.32 Å². The number of nitrogens with one attached hydrogen (secondary N) is 1. The highest BCUT2D eigenvalue weighted by Gasteiger charge is 2.18. The highest BCUT2D eigenvalue weighted by molar-refractivity contribution is 7.98. The largest absolute Gasteiger partial charge is 0.468 e. The summed E-state index contributed by atoms with van der Waals surface area (Å²) in [5.74, 6) is 1.52. The van der Waals surface area contributed by atoms with Gasteiger partial charge in [-0.2, -0.15) is 11.8 Å². The summed E-state index contributed by atoms with van der Waals surface area (Å²) in [6.45, 7) is 0.543. The molecule has 5 heteroatoms. The molecule has 1 aromatic heterocycles. The smallest absolute Gasteiger partial charge is 0.322 e. The van der Waals surface area contributed by atoms with Crippen molar-refractivity contribution in [3.63, 3.8) is 0 Å². The minimum Gasteiger partial charge on any atom is -0.468 e. The van der Waals surface area contributed by atoms with E-state index in [4.69, 9.17) is 9.15 Å². The first-order valence-corrected chi connectivity index (χ1v) is 6.50. The summed E-state index contributed by atoms with van der Waals surface area (Å²) in [5.41, 5.74) is 0. The number of furan rings is 1. The Morgan fingerprint density at radius 2 is 2.50 bits per heavy atom. The fraction of sp³-hybridized carbons (Fsp3) is 0.545. The van der Waals surface area contributed by atoms with E-state index in [0.29, 0.717) is 6.54 Å².